The third kappa shape index (κ3) is 3.77. The van der Waals surface area contributed by atoms with E-state index in [1.807, 2.05) is 54.3 Å². The summed E-state index contributed by atoms with van der Waals surface area (Å²) in [5.74, 6) is -0.297. The van der Waals surface area contributed by atoms with Gasteiger partial charge in [0, 0.05) is 31.2 Å². The highest BCUT2D eigenvalue weighted by atomic mass is 32.2. The van der Waals surface area contributed by atoms with Gasteiger partial charge in [-0.25, -0.2) is 0 Å². The zero-order valence-corrected chi connectivity index (χ0v) is 14.8. The second-order valence-electron chi connectivity index (χ2n) is 5.78. The lowest BCUT2D eigenvalue weighted by molar-refractivity contribution is -0.129. The molecule has 1 aliphatic rings. The molecule has 2 heterocycles. The van der Waals surface area contributed by atoms with E-state index in [4.69, 9.17) is 0 Å². The topological polar surface area (TPSA) is 69.0 Å². The van der Waals surface area contributed by atoms with Crippen LogP contribution < -0.4 is 5.32 Å². The van der Waals surface area contributed by atoms with Crippen LogP contribution in [0.3, 0.4) is 0 Å². The lowest BCUT2D eigenvalue weighted by atomic mass is 10.0. The van der Waals surface area contributed by atoms with Gasteiger partial charge >= 0.3 is 0 Å². The van der Waals surface area contributed by atoms with Crippen LogP contribution in [0.2, 0.25) is 0 Å². The second-order valence-corrected chi connectivity index (χ2v) is 7.10. The van der Waals surface area contributed by atoms with Crippen LogP contribution in [0, 0.1) is 11.3 Å². The van der Waals surface area contributed by atoms with Gasteiger partial charge in [0.15, 0.2) is 0 Å². The Labute approximate surface area is 152 Å². The summed E-state index contributed by atoms with van der Waals surface area (Å²) in [5.41, 5.74) is 1.84. The number of para-hydroxylation sites is 1. The number of amides is 1. The Morgan fingerprint density at radius 1 is 1.32 bits per heavy atom. The average Bonchev–Trinajstić information content (AvgIpc) is 2.98. The van der Waals surface area contributed by atoms with Crippen LogP contribution in [-0.4, -0.2) is 39.5 Å². The number of nitrogens with zero attached hydrogens (tertiary/aromatic N) is 3. The molecular weight excluding hydrogens is 332 g/mol. The summed E-state index contributed by atoms with van der Waals surface area (Å²) in [4.78, 5) is 18.7. The number of rotatable bonds is 6. The van der Waals surface area contributed by atoms with E-state index >= 15 is 0 Å². The summed E-state index contributed by atoms with van der Waals surface area (Å²) in [7, 11) is 0. The molecule has 2 aromatic rings. The number of carbonyl (C=O) groups excluding carboxylic acids is 1. The summed E-state index contributed by atoms with van der Waals surface area (Å²) >= 11 is 1.56. The minimum atomic E-state index is -0.385. The summed E-state index contributed by atoms with van der Waals surface area (Å²) in [6.45, 7) is 3.10. The molecule has 3 rings (SSSR count). The highest BCUT2D eigenvalue weighted by Gasteiger charge is 2.43. The Morgan fingerprint density at radius 2 is 2.12 bits per heavy atom. The smallest absolute Gasteiger partial charge is 0.238 e. The lowest BCUT2D eigenvalue weighted by Gasteiger charge is -2.25. The Balaban J connectivity index is 1.74. The molecule has 128 valence electrons. The van der Waals surface area contributed by atoms with Crippen molar-refractivity contribution >= 4 is 23.4 Å². The monoisotopic (exact) mass is 352 g/mol. The first-order valence-corrected chi connectivity index (χ1v) is 9.23. The number of nitrogens with one attached hydrogen (secondary N) is 1. The first-order valence-electron chi connectivity index (χ1n) is 8.29. The molecular formula is C19H20N4OS. The van der Waals surface area contributed by atoms with Gasteiger partial charge in [-0.1, -0.05) is 24.3 Å². The number of hydrogen-bond acceptors (Lipinski definition) is 5. The molecule has 3 unspecified atom stereocenters. The largest absolute Gasteiger partial charge is 0.383 e. The number of thioether (sulfide) groups is 1. The van der Waals surface area contributed by atoms with Crippen molar-refractivity contribution in [2.45, 2.75) is 23.5 Å². The van der Waals surface area contributed by atoms with Crippen LogP contribution >= 0.6 is 11.8 Å². The quantitative estimate of drug-likeness (QED) is 0.865. The highest BCUT2D eigenvalue weighted by Crippen LogP contribution is 2.39. The highest BCUT2D eigenvalue weighted by molar-refractivity contribution is 8.01. The maximum absolute atomic E-state index is 12.8. The van der Waals surface area contributed by atoms with E-state index in [-0.39, 0.29) is 22.4 Å². The molecule has 1 amide bonds. The Bertz CT molecular complexity index is 747. The fourth-order valence-corrected chi connectivity index (χ4v) is 4.51. The Hall–Kier alpha value is -2.52. The van der Waals surface area contributed by atoms with Gasteiger partial charge < -0.3 is 10.2 Å². The van der Waals surface area contributed by atoms with Crippen LogP contribution in [-0.2, 0) is 4.79 Å². The molecule has 0 bridgehead atoms. The zero-order valence-electron chi connectivity index (χ0n) is 14.0. The molecule has 25 heavy (non-hydrogen) atoms. The van der Waals surface area contributed by atoms with Crippen molar-refractivity contribution in [1.82, 2.24) is 9.88 Å². The number of likely N-dealkylation sites (N-methyl/N-ethyl adjacent to an activating group) is 1. The molecule has 0 aliphatic carbocycles. The number of nitriles is 1. The first-order chi connectivity index (χ1) is 12.2. The van der Waals surface area contributed by atoms with Gasteiger partial charge in [-0.2, -0.15) is 5.26 Å². The molecule has 1 saturated heterocycles. The fraction of sp³-hybridized carbons (Fsp3) is 0.316. The second kappa shape index (κ2) is 8.04. The number of aromatic nitrogens is 1. The molecule has 1 fully saturated rings. The van der Waals surface area contributed by atoms with E-state index in [2.05, 4.69) is 16.4 Å². The molecule has 1 aliphatic heterocycles. The predicted molar refractivity (Wildman–Crippen MR) is 100 cm³/mol. The number of benzene rings is 1. The van der Waals surface area contributed by atoms with Crippen molar-refractivity contribution in [1.29, 1.82) is 5.26 Å². The van der Waals surface area contributed by atoms with E-state index in [1.165, 1.54) is 0 Å². The third-order valence-corrected chi connectivity index (χ3v) is 5.75. The van der Waals surface area contributed by atoms with Crippen molar-refractivity contribution in [3.05, 3.63) is 60.4 Å². The summed E-state index contributed by atoms with van der Waals surface area (Å²) < 4.78 is 0. The molecule has 0 spiro atoms. The van der Waals surface area contributed by atoms with Gasteiger partial charge in [0.25, 0.3) is 0 Å². The third-order valence-electron chi connectivity index (χ3n) is 4.24. The van der Waals surface area contributed by atoms with E-state index in [0.29, 0.717) is 13.1 Å². The maximum atomic E-state index is 12.8. The van der Waals surface area contributed by atoms with Crippen molar-refractivity contribution in [3.8, 4) is 6.07 Å². The summed E-state index contributed by atoms with van der Waals surface area (Å²) in [5, 5.41) is 12.6. The van der Waals surface area contributed by atoms with Crippen LogP contribution in [0.5, 0.6) is 0 Å². The van der Waals surface area contributed by atoms with E-state index in [0.717, 1.165) is 11.3 Å². The van der Waals surface area contributed by atoms with E-state index < -0.39 is 0 Å². The zero-order chi connectivity index (χ0) is 17.6. The number of anilines is 1. The Kier molecular flexibility index (Phi) is 5.56. The van der Waals surface area contributed by atoms with Gasteiger partial charge in [-0.3, -0.25) is 9.78 Å². The molecule has 5 nitrogen and oxygen atoms in total. The minimum absolute atomic E-state index is 0.0880. The SMILES string of the molecule is CCN1C(=O)C(CNc2ccccc2)SC1C(C#N)c1cccnc1. The molecule has 1 N–H and O–H groups in total. The van der Waals surface area contributed by atoms with Crippen molar-refractivity contribution < 1.29 is 4.79 Å². The van der Waals surface area contributed by atoms with Gasteiger partial charge in [0.1, 0.15) is 11.2 Å². The van der Waals surface area contributed by atoms with Crippen LogP contribution in [0.1, 0.15) is 18.4 Å². The average molecular weight is 352 g/mol. The van der Waals surface area contributed by atoms with Crippen LogP contribution in [0.4, 0.5) is 5.69 Å². The van der Waals surface area contributed by atoms with Gasteiger partial charge in [-0.05, 0) is 30.7 Å². The molecule has 1 aromatic heterocycles. The first kappa shape index (κ1) is 17.3. The van der Waals surface area contributed by atoms with E-state index in [1.54, 1.807) is 24.2 Å². The number of hydrogen-bond donors (Lipinski definition) is 1. The number of carbonyl (C=O) groups is 1. The van der Waals surface area contributed by atoms with Crippen LogP contribution in [0.15, 0.2) is 54.9 Å². The predicted octanol–water partition coefficient (Wildman–Crippen LogP) is 3.09. The molecule has 1 aromatic carbocycles. The molecule has 0 radical (unpaired) electrons. The van der Waals surface area contributed by atoms with Crippen molar-refractivity contribution in [2.24, 2.45) is 0 Å². The van der Waals surface area contributed by atoms with Gasteiger partial charge in [-0.15, -0.1) is 11.8 Å². The molecule has 6 heteroatoms. The number of pyridine rings is 1. The fourth-order valence-electron chi connectivity index (χ4n) is 2.97. The van der Waals surface area contributed by atoms with Crippen molar-refractivity contribution in [3.63, 3.8) is 0 Å². The molecule has 3 atom stereocenters. The van der Waals surface area contributed by atoms with Crippen LogP contribution in [0.25, 0.3) is 0 Å². The lowest BCUT2D eigenvalue weighted by Crippen LogP contribution is -2.38. The van der Waals surface area contributed by atoms with Crippen molar-refractivity contribution in [2.75, 3.05) is 18.4 Å². The maximum Gasteiger partial charge on any atom is 0.238 e. The summed E-state index contributed by atoms with van der Waals surface area (Å²) in [6.07, 6.45) is 3.40. The van der Waals surface area contributed by atoms with Gasteiger partial charge in [0.05, 0.1) is 11.4 Å². The Morgan fingerprint density at radius 3 is 2.76 bits per heavy atom. The standard InChI is InChI=1S/C19H20N4OS/c1-2-23-18(24)17(13-22-15-8-4-3-5-9-15)25-19(23)16(11-20)14-7-6-10-21-12-14/h3-10,12,16-17,19,22H,2,13H2,1H3. The molecule has 0 saturated carbocycles. The normalized spacial score (nSPS) is 21.0. The van der Waals surface area contributed by atoms with Gasteiger partial charge in [0.2, 0.25) is 5.91 Å². The summed E-state index contributed by atoms with van der Waals surface area (Å²) in [6, 6.07) is 15.9. The van der Waals surface area contributed by atoms with E-state index in [9.17, 15) is 10.1 Å². The minimum Gasteiger partial charge on any atom is -0.383 e.